The zero-order chi connectivity index (χ0) is 18.7. The predicted molar refractivity (Wildman–Crippen MR) is 98.7 cm³/mol. The van der Waals surface area contributed by atoms with Gasteiger partial charge in [0.15, 0.2) is 0 Å². The summed E-state index contributed by atoms with van der Waals surface area (Å²) in [7, 11) is 0. The third kappa shape index (κ3) is 3.13. The number of benzene rings is 1. The minimum Gasteiger partial charge on any atom is -0.392 e. The monoisotopic (exact) mass is 354 g/mol. The Bertz CT molecular complexity index is 972. The van der Waals surface area contributed by atoms with Gasteiger partial charge in [0, 0.05) is 36.6 Å². The van der Waals surface area contributed by atoms with E-state index in [4.69, 9.17) is 0 Å². The van der Waals surface area contributed by atoms with Gasteiger partial charge in [0.2, 0.25) is 5.91 Å². The lowest BCUT2D eigenvalue weighted by atomic mass is 10.1. The van der Waals surface area contributed by atoms with Crippen LogP contribution < -0.4 is 5.56 Å². The fourth-order valence-corrected chi connectivity index (χ4v) is 3.08. The Kier molecular flexibility index (Phi) is 5.18. The number of aliphatic hydroxyl groups is 1. The van der Waals surface area contributed by atoms with Gasteiger partial charge in [-0.15, -0.1) is 0 Å². The highest BCUT2D eigenvalue weighted by Gasteiger charge is 2.19. The Morgan fingerprint density at radius 3 is 2.46 bits per heavy atom. The van der Waals surface area contributed by atoms with Gasteiger partial charge in [-0.3, -0.25) is 9.59 Å². The first-order valence-electron chi connectivity index (χ1n) is 8.65. The Morgan fingerprint density at radius 2 is 1.85 bits per heavy atom. The summed E-state index contributed by atoms with van der Waals surface area (Å²) in [6, 6.07) is 9.40. The molecule has 136 valence electrons. The van der Waals surface area contributed by atoms with Gasteiger partial charge in [-0.2, -0.15) is 5.10 Å². The van der Waals surface area contributed by atoms with Crippen LogP contribution in [0.15, 0.2) is 47.5 Å². The highest BCUT2D eigenvalue weighted by Crippen LogP contribution is 2.24. The number of fused-ring (bicyclic) bond motifs is 1. The molecule has 2 heterocycles. The SMILES string of the molecule is CCN(CC)C(=O)Cn1ccn2nc(-c3ccccc3)c(CO)c2c1=O. The van der Waals surface area contributed by atoms with Crippen molar-refractivity contribution in [3.63, 3.8) is 0 Å². The fourth-order valence-electron chi connectivity index (χ4n) is 3.08. The van der Waals surface area contributed by atoms with Gasteiger partial charge in [0.05, 0.1) is 12.3 Å². The smallest absolute Gasteiger partial charge is 0.277 e. The third-order valence-electron chi connectivity index (χ3n) is 4.49. The van der Waals surface area contributed by atoms with Crippen LogP contribution in [-0.4, -0.2) is 43.2 Å². The van der Waals surface area contributed by atoms with Gasteiger partial charge in [-0.1, -0.05) is 30.3 Å². The van der Waals surface area contributed by atoms with E-state index in [-0.39, 0.29) is 24.6 Å². The number of hydrogen-bond acceptors (Lipinski definition) is 4. The number of rotatable bonds is 6. The molecule has 2 aromatic heterocycles. The zero-order valence-corrected chi connectivity index (χ0v) is 14.9. The molecule has 26 heavy (non-hydrogen) atoms. The molecule has 0 spiro atoms. The number of carbonyl (C=O) groups is 1. The molecular weight excluding hydrogens is 332 g/mol. The first-order valence-corrected chi connectivity index (χ1v) is 8.65. The van der Waals surface area contributed by atoms with Gasteiger partial charge < -0.3 is 14.6 Å². The maximum absolute atomic E-state index is 12.9. The number of hydrogen-bond donors (Lipinski definition) is 1. The number of aliphatic hydroxyl groups excluding tert-OH is 1. The molecule has 0 fully saturated rings. The average molecular weight is 354 g/mol. The molecule has 0 aliphatic carbocycles. The molecule has 0 unspecified atom stereocenters. The second-order valence-corrected chi connectivity index (χ2v) is 5.94. The van der Waals surface area contributed by atoms with E-state index in [2.05, 4.69) is 5.10 Å². The third-order valence-corrected chi connectivity index (χ3v) is 4.49. The minimum absolute atomic E-state index is 0.0340. The first-order chi connectivity index (χ1) is 12.6. The van der Waals surface area contributed by atoms with Gasteiger partial charge in [-0.25, -0.2) is 4.52 Å². The minimum atomic E-state index is -0.341. The summed E-state index contributed by atoms with van der Waals surface area (Å²) in [5, 5.41) is 14.3. The van der Waals surface area contributed by atoms with E-state index in [0.717, 1.165) is 5.56 Å². The van der Waals surface area contributed by atoms with Crippen molar-refractivity contribution in [2.45, 2.75) is 27.0 Å². The van der Waals surface area contributed by atoms with Crippen molar-refractivity contribution in [3.8, 4) is 11.3 Å². The van der Waals surface area contributed by atoms with Crippen molar-refractivity contribution in [2.75, 3.05) is 13.1 Å². The summed E-state index contributed by atoms with van der Waals surface area (Å²) < 4.78 is 2.83. The molecular formula is C19H22N4O3. The molecule has 1 N–H and O–H groups in total. The lowest BCUT2D eigenvalue weighted by molar-refractivity contribution is -0.131. The molecule has 0 aliphatic rings. The number of aromatic nitrogens is 3. The molecule has 0 saturated carbocycles. The maximum Gasteiger partial charge on any atom is 0.277 e. The topological polar surface area (TPSA) is 79.8 Å². The van der Waals surface area contributed by atoms with Crippen LogP contribution in [0.5, 0.6) is 0 Å². The van der Waals surface area contributed by atoms with Crippen molar-refractivity contribution in [3.05, 3.63) is 58.6 Å². The Hall–Kier alpha value is -2.93. The summed E-state index contributed by atoms with van der Waals surface area (Å²) in [6.45, 7) is 4.66. The van der Waals surface area contributed by atoms with Gasteiger partial charge in [0.1, 0.15) is 12.1 Å². The van der Waals surface area contributed by atoms with Crippen LogP contribution in [-0.2, 0) is 17.9 Å². The molecule has 3 aromatic rings. The molecule has 1 aromatic carbocycles. The largest absolute Gasteiger partial charge is 0.392 e. The molecule has 7 nitrogen and oxygen atoms in total. The molecule has 0 radical (unpaired) electrons. The highest BCUT2D eigenvalue weighted by atomic mass is 16.3. The van der Waals surface area contributed by atoms with Gasteiger partial charge in [-0.05, 0) is 13.8 Å². The van der Waals surface area contributed by atoms with Crippen molar-refractivity contribution in [1.29, 1.82) is 0 Å². The number of likely N-dealkylation sites (N-methyl/N-ethyl adjacent to an activating group) is 1. The van der Waals surface area contributed by atoms with Crippen LogP contribution in [0.25, 0.3) is 16.8 Å². The number of carbonyl (C=O) groups excluding carboxylic acids is 1. The summed E-state index contributed by atoms with van der Waals surface area (Å²) in [5.74, 6) is -0.116. The van der Waals surface area contributed by atoms with E-state index in [1.54, 1.807) is 17.3 Å². The Morgan fingerprint density at radius 1 is 1.15 bits per heavy atom. The second-order valence-electron chi connectivity index (χ2n) is 5.94. The summed E-state index contributed by atoms with van der Waals surface area (Å²) >= 11 is 0. The van der Waals surface area contributed by atoms with Gasteiger partial charge in [0.25, 0.3) is 5.56 Å². The summed E-state index contributed by atoms with van der Waals surface area (Å²) in [4.78, 5) is 26.9. The Balaban J connectivity index is 2.09. The van der Waals surface area contributed by atoms with Crippen LogP contribution in [0.4, 0.5) is 0 Å². The van der Waals surface area contributed by atoms with E-state index in [0.29, 0.717) is 29.9 Å². The molecule has 0 bridgehead atoms. The quantitative estimate of drug-likeness (QED) is 0.728. The predicted octanol–water partition coefficient (Wildman–Crippen LogP) is 1.52. The van der Waals surface area contributed by atoms with Crippen molar-refractivity contribution in [1.82, 2.24) is 19.1 Å². The maximum atomic E-state index is 12.9. The average Bonchev–Trinajstić information content (AvgIpc) is 3.05. The Labute approximate surface area is 151 Å². The van der Waals surface area contributed by atoms with E-state index in [9.17, 15) is 14.7 Å². The van der Waals surface area contributed by atoms with Crippen molar-refractivity contribution >= 4 is 11.4 Å². The fraction of sp³-hybridized carbons (Fsp3) is 0.316. The van der Waals surface area contributed by atoms with E-state index in [1.165, 1.54) is 9.08 Å². The van der Waals surface area contributed by atoms with E-state index >= 15 is 0 Å². The lowest BCUT2D eigenvalue weighted by Gasteiger charge is -2.19. The summed E-state index contributed by atoms with van der Waals surface area (Å²) in [6.07, 6.45) is 3.19. The van der Waals surface area contributed by atoms with Crippen molar-refractivity contribution < 1.29 is 9.90 Å². The lowest BCUT2D eigenvalue weighted by Crippen LogP contribution is -2.36. The van der Waals surface area contributed by atoms with Crippen molar-refractivity contribution in [2.24, 2.45) is 0 Å². The van der Waals surface area contributed by atoms with Crippen LogP contribution in [0.2, 0.25) is 0 Å². The van der Waals surface area contributed by atoms with E-state index in [1.807, 2.05) is 44.2 Å². The first kappa shape index (κ1) is 17.9. The molecule has 0 saturated heterocycles. The molecule has 3 rings (SSSR count). The van der Waals surface area contributed by atoms with Crippen LogP contribution in [0, 0.1) is 0 Å². The van der Waals surface area contributed by atoms with Crippen LogP contribution >= 0.6 is 0 Å². The molecule has 0 atom stereocenters. The highest BCUT2D eigenvalue weighted by molar-refractivity contribution is 5.76. The van der Waals surface area contributed by atoms with Crippen LogP contribution in [0.1, 0.15) is 19.4 Å². The molecule has 0 aliphatic heterocycles. The molecule has 7 heteroatoms. The molecule has 1 amide bonds. The standard InChI is InChI=1S/C19H22N4O3/c1-3-21(4-2)16(25)12-22-10-11-23-18(19(22)26)15(13-24)17(20-23)14-8-6-5-7-9-14/h5-11,24H,3-4,12-13H2,1-2H3. The second kappa shape index (κ2) is 7.53. The summed E-state index contributed by atoms with van der Waals surface area (Å²) in [5.41, 5.74) is 1.81. The van der Waals surface area contributed by atoms with Crippen LogP contribution in [0.3, 0.4) is 0 Å². The normalized spacial score (nSPS) is 11.0. The zero-order valence-electron chi connectivity index (χ0n) is 14.9. The number of nitrogens with zero attached hydrogens (tertiary/aromatic N) is 4. The van der Waals surface area contributed by atoms with E-state index < -0.39 is 0 Å². The number of amides is 1. The van der Waals surface area contributed by atoms with Gasteiger partial charge >= 0.3 is 0 Å².